The fourth-order valence-electron chi connectivity index (χ4n) is 3.20. The first kappa shape index (κ1) is 18.4. The van der Waals surface area contributed by atoms with Crippen molar-refractivity contribution in [1.82, 2.24) is 14.9 Å². The van der Waals surface area contributed by atoms with Gasteiger partial charge in [-0.05, 0) is 42.5 Å². The molecule has 0 radical (unpaired) electrons. The lowest BCUT2D eigenvalue weighted by Gasteiger charge is -2.28. The first-order valence-corrected chi connectivity index (χ1v) is 9.16. The molecule has 2 aromatic carbocycles. The highest BCUT2D eigenvalue weighted by molar-refractivity contribution is 6.33. The third-order valence-corrected chi connectivity index (χ3v) is 5.04. The van der Waals surface area contributed by atoms with E-state index < -0.39 is 5.82 Å². The molecule has 1 amide bonds. The van der Waals surface area contributed by atoms with Gasteiger partial charge >= 0.3 is 0 Å². The van der Waals surface area contributed by atoms with Crippen LogP contribution in [0.15, 0.2) is 48.7 Å². The highest BCUT2D eigenvalue weighted by Crippen LogP contribution is 2.25. The van der Waals surface area contributed by atoms with Crippen molar-refractivity contribution >= 4 is 17.5 Å². The number of fused-ring (bicyclic) bond motifs is 1. The highest BCUT2D eigenvalue weighted by Gasteiger charge is 2.25. The van der Waals surface area contributed by atoms with Crippen molar-refractivity contribution in [3.63, 3.8) is 0 Å². The Balaban J connectivity index is 1.55. The Labute approximate surface area is 166 Å². The van der Waals surface area contributed by atoms with Gasteiger partial charge in [-0.15, -0.1) is 0 Å². The highest BCUT2D eigenvalue weighted by atomic mass is 35.5. The van der Waals surface area contributed by atoms with Gasteiger partial charge in [0.1, 0.15) is 11.6 Å². The van der Waals surface area contributed by atoms with Gasteiger partial charge in [0.05, 0.1) is 23.4 Å². The van der Waals surface area contributed by atoms with E-state index in [2.05, 4.69) is 9.97 Å². The summed E-state index contributed by atoms with van der Waals surface area (Å²) in [5.41, 5.74) is 3.02. The van der Waals surface area contributed by atoms with Crippen LogP contribution in [0.3, 0.4) is 0 Å². The second kappa shape index (κ2) is 7.56. The van der Waals surface area contributed by atoms with Gasteiger partial charge in [0.15, 0.2) is 5.82 Å². The zero-order chi connectivity index (χ0) is 19.7. The molecule has 5 nitrogen and oxygen atoms in total. The number of rotatable bonds is 3. The molecule has 1 aliphatic heterocycles. The molecule has 1 aliphatic rings. The molecule has 3 aromatic rings. The van der Waals surface area contributed by atoms with Crippen molar-refractivity contribution in [3.05, 3.63) is 76.3 Å². The number of carbonyl (C=O) groups is 1. The number of hydrogen-bond acceptors (Lipinski definition) is 4. The molecule has 0 bridgehead atoms. The lowest BCUT2D eigenvalue weighted by atomic mass is 10.1. The molecule has 2 heterocycles. The van der Waals surface area contributed by atoms with Gasteiger partial charge in [-0.3, -0.25) is 4.79 Å². The third-order valence-electron chi connectivity index (χ3n) is 4.73. The summed E-state index contributed by atoms with van der Waals surface area (Å²) in [6.45, 7) is 0.906. The Bertz CT molecular complexity index is 1040. The van der Waals surface area contributed by atoms with E-state index in [1.165, 1.54) is 12.1 Å². The largest absolute Gasteiger partial charge is 0.497 e. The minimum absolute atomic E-state index is 0.113. The summed E-state index contributed by atoms with van der Waals surface area (Å²) >= 11 is 6.03. The van der Waals surface area contributed by atoms with Crippen molar-refractivity contribution in [3.8, 4) is 17.1 Å². The maximum Gasteiger partial charge on any atom is 0.255 e. The van der Waals surface area contributed by atoms with E-state index in [0.29, 0.717) is 30.9 Å². The van der Waals surface area contributed by atoms with Crippen LogP contribution in [0.5, 0.6) is 5.75 Å². The first-order chi connectivity index (χ1) is 13.5. The smallest absolute Gasteiger partial charge is 0.255 e. The summed E-state index contributed by atoms with van der Waals surface area (Å²) < 4.78 is 18.4. The Hall–Kier alpha value is -2.99. The van der Waals surface area contributed by atoms with Gasteiger partial charge < -0.3 is 9.64 Å². The number of methoxy groups -OCH3 is 1. The van der Waals surface area contributed by atoms with Crippen LogP contribution in [0.25, 0.3) is 11.4 Å². The van der Waals surface area contributed by atoms with Gasteiger partial charge in [-0.2, -0.15) is 0 Å². The predicted molar refractivity (Wildman–Crippen MR) is 104 cm³/mol. The summed E-state index contributed by atoms with van der Waals surface area (Å²) in [5, 5.41) is 0.113. The Morgan fingerprint density at radius 2 is 2.00 bits per heavy atom. The topological polar surface area (TPSA) is 55.3 Å². The predicted octanol–water partition coefficient (Wildman–Crippen LogP) is 4.14. The van der Waals surface area contributed by atoms with Crippen molar-refractivity contribution in [2.24, 2.45) is 0 Å². The first-order valence-electron chi connectivity index (χ1n) is 8.78. The SMILES string of the molecule is COc1ccc(-c2ncc3c(n2)CCN(C(=O)c2ccc(F)cc2Cl)C3)cc1. The normalized spacial score (nSPS) is 13.2. The van der Waals surface area contributed by atoms with E-state index in [-0.39, 0.29) is 10.9 Å². The number of aromatic nitrogens is 2. The fraction of sp³-hybridized carbons (Fsp3) is 0.190. The van der Waals surface area contributed by atoms with Crippen molar-refractivity contribution in [1.29, 1.82) is 0 Å². The van der Waals surface area contributed by atoms with Crippen LogP contribution >= 0.6 is 11.6 Å². The Morgan fingerprint density at radius 1 is 1.21 bits per heavy atom. The number of carbonyl (C=O) groups excluding carboxylic acids is 1. The maximum atomic E-state index is 13.2. The van der Waals surface area contributed by atoms with E-state index in [1.54, 1.807) is 18.2 Å². The van der Waals surface area contributed by atoms with Crippen LogP contribution < -0.4 is 4.74 Å². The molecule has 0 unspecified atom stereocenters. The van der Waals surface area contributed by atoms with Gasteiger partial charge in [0.25, 0.3) is 5.91 Å². The van der Waals surface area contributed by atoms with Gasteiger partial charge in [0, 0.05) is 36.8 Å². The number of nitrogens with zero attached hydrogens (tertiary/aromatic N) is 3. The number of hydrogen-bond donors (Lipinski definition) is 0. The minimum atomic E-state index is -0.468. The lowest BCUT2D eigenvalue weighted by molar-refractivity contribution is 0.0733. The van der Waals surface area contributed by atoms with Crippen molar-refractivity contribution < 1.29 is 13.9 Å². The second-order valence-corrected chi connectivity index (χ2v) is 6.90. The average molecular weight is 398 g/mol. The van der Waals surface area contributed by atoms with Crippen LogP contribution in [0.1, 0.15) is 21.6 Å². The quantitative estimate of drug-likeness (QED) is 0.666. The van der Waals surface area contributed by atoms with Gasteiger partial charge in [0.2, 0.25) is 0 Å². The molecule has 4 rings (SSSR count). The molecule has 0 aliphatic carbocycles. The molecular formula is C21H17ClFN3O2. The molecule has 28 heavy (non-hydrogen) atoms. The van der Waals surface area contributed by atoms with Crippen LogP contribution in [0, 0.1) is 5.82 Å². The number of halogens is 2. The average Bonchev–Trinajstić information content (AvgIpc) is 2.72. The van der Waals surface area contributed by atoms with E-state index >= 15 is 0 Å². The number of ether oxygens (including phenoxy) is 1. The summed E-state index contributed by atoms with van der Waals surface area (Å²) in [5.74, 6) is 0.720. The fourth-order valence-corrected chi connectivity index (χ4v) is 3.45. The van der Waals surface area contributed by atoms with Crippen LogP contribution in [0.4, 0.5) is 4.39 Å². The molecule has 0 N–H and O–H groups in total. The molecule has 0 atom stereocenters. The molecule has 0 fully saturated rings. The summed E-state index contributed by atoms with van der Waals surface area (Å²) in [6, 6.07) is 11.4. The second-order valence-electron chi connectivity index (χ2n) is 6.49. The van der Waals surface area contributed by atoms with Crippen molar-refractivity contribution in [2.75, 3.05) is 13.7 Å². The number of benzene rings is 2. The monoisotopic (exact) mass is 397 g/mol. The van der Waals surface area contributed by atoms with Gasteiger partial charge in [-0.25, -0.2) is 14.4 Å². The minimum Gasteiger partial charge on any atom is -0.497 e. The molecule has 142 valence electrons. The van der Waals surface area contributed by atoms with Crippen molar-refractivity contribution in [2.45, 2.75) is 13.0 Å². The third kappa shape index (κ3) is 3.55. The molecular weight excluding hydrogens is 381 g/mol. The van der Waals surface area contributed by atoms with E-state index in [4.69, 9.17) is 16.3 Å². The zero-order valence-electron chi connectivity index (χ0n) is 15.2. The van der Waals surface area contributed by atoms with Crippen LogP contribution in [0.2, 0.25) is 5.02 Å². The van der Waals surface area contributed by atoms with Crippen LogP contribution in [-0.4, -0.2) is 34.4 Å². The Morgan fingerprint density at radius 3 is 2.71 bits per heavy atom. The molecule has 7 heteroatoms. The molecule has 0 spiro atoms. The zero-order valence-corrected chi connectivity index (χ0v) is 15.9. The Kier molecular flexibility index (Phi) is 4.96. The van der Waals surface area contributed by atoms with E-state index in [9.17, 15) is 9.18 Å². The molecule has 0 saturated heterocycles. The standard InChI is InChI=1S/C21H17ClFN3O2/c1-28-16-5-2-13(3-6-16)20-24-11-14-12-26(9-8-19(14)25-20)21(27)17-7-4-15(23)10-18(17)22/h2-7,10-11H,8-9,12H2,1H3. The van der Waals surface area contributed by atoms with E-state index in [1.807, 2.05) is 24.3 Å². The number of amides is 1. The summed E-state index contributed by atoms with van der Waals surface area (Å²) in [4.78, 5) is 23.6. The van der Waals surface area contributed by atoms with E-state index in [0.717, 1.165) is 28.6 Å². The van der Waals surface area contributed by atoms with Gasteiger partial charge in [-0.1, -0.05) is 11.6 Å². The summed E-state index contributed by atoms with van der Waals surface area (Å²) in [6.07, 6.45) is 2.37. The molecule has 0 saturated carbocycles. The summed E-state index contributed by atoms with van der Waals surface area (Å²) in [7, 11) is 1.62. The van der Waals surface area contributed by atoms with Crippen LogP contribution in [-0.2, 0) is 13.0 Å². The molecule has 1 aromatic heterocycles. The maximum absolute atomic E-state index is 13.2. The lowest BCUT2D eigenvalue weighted by Crippen LogP contribution is -2.36.